The number of nitrogens with one attached hydrogen (secondary N) is 2. The Bertz CT molecular complexity index is 541. The van der Waals surface area contributed by atoms with Crippen LogP contribution in [0.3, 0.4) is 0 Å². The molecule has 144 valence electrons. The van der Waals surface area contributed by atoms with Crippen LogP contribution in [0.2, 0.25) is 0 Å². The first kappa shape index (κ1) is 21.6. The summed E-state index contributed by atoms with van der Waals surface area (Å²) >= 11 is 0. The highest BCUT2D eigenvalue weighted by atomic mass is 35.5. The Morgan fingerprint density at radius 3 is 2.76 bits per heavy atom. The Balaban J connectivity index is 0.00000312. The zero-order chi connectivity index (χ0) is 17.7. The molecule has 0 unspecified atom stereocenters. The molecule has 0 spiro atoms. The summed E-state index contributed by atoms with van der Waals surface area (Å²) in [4.78, 5) is 13.7. The van der Waals surface area contributed by atoms with Gasteiger partial charge in [0.15, 0.2) is 0 Å². The van der Waals surface area contributed by atoms with Gasteiger partial charge in [0, 0.05) is 31.7 Å². The standard InChI is InChI=1S/C15H28N6O3.ClH/c1-4-5-16-15(24)17-12-6-10(13(22)14(12)23)7-21-9-11(18-19-21)8-20(2)3;/h9-10,12-14,22-23H,4-8H2,1-3H3,(H2,16,17,24);1H/t10-,12-,13-,14+;/m1./s1. The highest BCUT2D eigenvalue weighted by Crippen LogP contribution is 2.28. The Kier molecular flexibility index (Phi) is 8.57. The summed E-state index contributed by atoms with van der Waals surface area (Å²) < 4.78 is 1.68. The Labute approximate surface area is 154 Å². The van der Waals surface area contributed by atoms with E-state index in [4.69, 9.17) is 0 Å². The molecule has 1 fully saturated rings. The van der Waals surface area contributed by atoms with Crippen molar-refractivity contribution < 1.29 is 15.0 Å². The fourth-order valence-corrected chi connectivity index (χ4v) is 2.97. The van der Waals surface area contributed by atoms with Gasteiger partial charge in [-0.05, 0) is 26.9 Å². The van der Waals surface area contributed by atoms with Crippen LogP contribution >= 0.6 is 12.4 Å². The topological polar surface area (TPSA) is 116 Å². The minimum Gasteiger partial charge on any atom is -0.390 e. The molecule has 1 aliphatic rings. The number of aliphatic hydroxyl groups is 2. The van der Waals surface area contributed by atoms with Crippen molar-refractivity contribution in [2.75, 3.05) is 20.6 Å². The van der Waals surface area contributed by atoms with E-state index in [-0.39, 0.29) is 24.4 Å². The van der Waals surface area contributed by atoms with Crippen molar-refractivity contribution >= 4 is 18.4 Å². The van der Waals surface area contributed by atoms with Crippen LogP contribution in [0.25, 0.3) is 0 Å². The van der Waals surface area contributed by atoms with E-state index in [0.717, 1.165) is 12.1 Å². The number of hydrogen-bond acceptors (Lipinski definition) is 6. The van der Waals surface area contributed by atoms with Crippen LogP contribution in [0.5, 0.6) is 0 Å². The van der Waals surface area contributed by atoms with Gasteiger partial charge in [0.2, 0.25) is 0 Å². The highest BCUT2D eigenvalue weighted by molar-refractivity contribution is 5.85. The Morgan fingerprint density at radius 1 is 1.40 bits per heavy atom. The van der Waals surface area contributed by atoms with Gasteiger partial charge in [0.25, 0.3) is 0 Å². The molecule has 10 heteroatoms. The van der Waals surface area contributed by atoms with Gasteiger partial charge in [-0.1, -0.05) is 12.1 Å². The van der Waals surface area contributed by atoms with Gasteiger partial charge in [0.05, 0.1) is 17.8 Å². The summed E-state index contributed by atoms with van der Waals surface area (Å²) in [6, 6.07) is -0.783. The number of aromatic nitrogens is 3. The lowest BCUT2D eigenvalue weighted by Gasteiger charge is -2.18. The van der Waals surface area contributed by atoms with E-state index < -0.39 is 18.2 Å². The lowest BCUT2D eigenvalue weighted by atomic mass is 10.1. The fourth-order valence-electron chi connectivity index (χ4n) is 2.97. The zero-order valence-corrected chi connectivity index (χ0v) is 15.7. The number of nitrogens with zero attached hydrogens (tertiary/aromatic N) is 4. The van der Waals surface area contributed by atoms with Gasteiger partial charge in [0.1, 0.15) is 6.10 Å². The molecule has 1 aliphatic carbocycles. The van der Waals surface area contributed by atoms with E-state index in [9.17, 15) is 15.0 Å². The number of hydrogen-bond donors (Lipinski definition) is 4. The number of carbonyl (C=O) groups excluding carboxylic acids is 1. The summed E-state index contributed by atoms with van der Waals surface area (Å²) in [6.45, 7) is 3.69. The summed E-state index contributed by atoms with van der Waals surface area (Å²) in [5.41, 5.74) is 0.849. The maximum atomic E-state index is 11.7. The molecule has 0 aromatic carbocycles. The first-order chi connectivity index (χ1) is 11.4. The van der Waals surface area contributed by atoms with Gasteiger partial charge < -0.3 is 25.7 Å². The lowest BCUT2D eigenvalue weighted by Crippen LogP contribution is -2.47. The predicted octanol–water partition coefficient (Wildman–Crippen LogP) is -0.419. The average molecular weight is 377 g/mol. The van der Waals surface area contributed by atoms with Crippen LogP contribution in [0.1, 0.15) is 25.5 Å². The Hall–Kier alpha value is -1.42. The van der Waals surface area contributed by atoms with Crippen LogP contribution in [0.4, 0.5) is 4.79 Å². The normalized spacial score (nSPS) is 25.7. The smallest absolute Gasteiger partial charge is 0.315 e. The average Bonchev–Trinajstić information content (AvgIpc) is 3.05. The first-order valence-corrected chi connectivity index (χ1v) is 8.35. The van der Waals surface area contributed by atoms with Crippen LogP contribution in [-0.4, -0.2) is 75.0 Å². The number of rotatable bonds is 7. The van der Waals surface area contributed by atoms with E-state index in [2.05, 4.69) is 20.9 Å². The molecular formula is C15H29ClN6O3. The van der Waals surface area contributed by atoms with Crippen LogP contribution in [0, 0.1) is 5.92 Å². The molecule has 2 rings (SSSR count). The third-order valence-electron chi connectivity index (χ3n) is 4.14. The van der Waals surface area contributed by atoms with Crippen molar-refractivity contribution in [1.29, 1.82) is 0 Å². The van der Waals surface area contributed by atoms with Gasteiger partial charge in [-0.3, -0.25) is 4.68 Å². The molecule has 9 nitrogen and oxygen atoms in total. The van der Waals surface area contributed by atoms with Gasteiger partial charge in [-0.2, -0.15) is 0 Å². The summed E-state index contributed by atoms with van der Waals surface area (Å²) in [5, 5.41) is 34.0. The molecule has 2 amide bonds. The van der Waals surface area contributed by atoms with E-state index in [0.29, 0.717) is 26.1 Å². The number of urea groups is 1. The predicted molar refractivity (Wildman–Crippen MR) is 95.4 cm³/mol. The van der Waals surface area contributed by atoms with Gasteiger partial charge in [-0.25, -0.2) is 4.79 Å². The van der Waals surface area contributed by atoms with Crippen molar-refractivity contribution in [3.8, 4) is 0 Å². The SMILES string of the molecule is CCCNC(=O)N[C@@H]1C[C@H](Cn2cc(CN(C)C)nn2)[C@@H](O)[C@H]1O.Cl. The molecule has 1 saturated carbocycles. The molecule has 25 heavy (non-hydrogen) atoms. The van der Waals surface area contributed by atoms with Crippen molar-refractivity contribution in [3.63, 3.8) is 0 Å². The van der Waals surface area contributed by atoms with E-state index >= 15 is 0 Å². The van der Waals surface area contributed by atoms with Crippen LogP contribution < -0.4 is 10.6 Å². The lowest BCUT2D eigenvalue weighted by molar-refractivity contribution is 0.00860. The van der Waals surface area contributed by atoms with E-state index in [1.165, 1.54) is 0 Å². The molecule has 0 radical (unpaired) electrons. The van der Waals surface area contributed by atoms with E-state index in [1.807, 2.05) is 32.1 Å². The summed E-state index contributed by atoms with van der Waals surface area (Å²) in [6.07, 6.45) is 1.29. The minimum absolute atomic E-state index is 0. The quantitative estimate of drug-likeness (QED) is 0.514. The number of carbonyl (C=O) groups is 1. The van der Waals surface area contributed by atoms with Crippen molar-refractivity contribution in [3.05, 3.63) is 11.9 Å². The molecule has 1 aromatic heterocycles. The summed E-state index contributed by atoms with van der Waals surface area (Å²) in [5.74, 6) is -0.189. The fraction of sp³-hybridized carbons (Fsp3) is 0.800. The highest BCUT2D eigenvalue weighted by Gasteiger charge is 2.42. The third kappa shape index (κ3) is 6.10. The largest absolute Gasteiger partial charge is 0.390 e. The maximum Gasteiger partial charge on any atom is 0.315 e. The van der Waals surface area contributed by atoms with Crippen molar-refractivity contribution in [2.45, 2.75) is 51.1 Å². The number of halogens is 1. The first-order valence-electron chi connectivity index (χ1n) is 8.35. The van der Waals surface area contributed by atoms with Crippen LogP contribution in [-0.2, 0) is 13.1 Å². The zero-order valence-electron chi connectivity index (χ0n) is 14.9. The molecule has 0 bridgehead atoms. The molecule has 0 aliphatic heterocycles. The van der Waals surface area contributed by atoms with Gasteiger partial charge in [-0.15, -0.1) is 17.5 Å². The van der Waals surface area contributed by atoms with Crippen LogP contribution in [0.15, 0.2) is 6.20 Å². The molecule has 4 N–H and O–H groups in total. The molecule has 4 atom stereocenters. The molecular weight excluding hydrogens is 348 g/mol. The van der Waals surface area contributed by atoms with Gasteiger partial charge >= 0.3 is 6.03 Å². The second kappa shape index (κ2) is 9.91. The second-order valence-corrected chi connectivity index (χ2v) is 6.65. The summed E-state index contributed by atoms with van der Waals surface area (Å²) in [7, 11) is 3.91. The number of aliphatic hydroxyl groups excluding tert-OH is 2. The second-order valence-electron chi connectivity index (χ2n) is 6.65. The third-order valence-corrected chi connectivity index (χ3v) is 4.14. The van der Waals surface area contributed by atoms with Crippen molar-refractivity contribution in [2.24, 2.45) is 5.92 Å². The van der Waals surface area contributed by atoms with Crippen molar-refractivity contribution in [1.82, 2.24) is 30.5 Å². The maximum absolute atomic E-state index is 11.7. The molecule has 0 saturated heterocycles. The monoisotopic (exact) mass is 376 g/mol. The molecule has 1 aromatic rings. The molecule has 1 heterocycles. The minimum atomic E-state index is -0.979. The Morgan fingerprint density at radius 2 is 2.12 bits per heavy atom. The van der Waals surface area contributed by atoms with E-state index in [1.54, 1.807) is 4.68 Å². The number of amides is 2.